The number of hydrogen-bond donors (Lipinski definition) is 2. The molecule has 112 valence electrons. The average molecular weight is 318 g/mol. The number of phenolic OH excluding ortho intramolecular Hbond substituents is 1. The highest BCUT2D eigenvalue weighted by molar-refractivity contribution is 7.20. The monoisotopic (exact) mass is 318 g/mol. The van der Waals surface area contributed by atoms with Gasteiger partial charge in [-0.3, -0.25) is 14.9 Å². The Morgan fingerprint density at radius 1 is 1.36 bits per heavy atom. The van der Waals surface area contributed by atoms with Crippen molar-refractivity contribution in [3.63, 3.8) is 0 Å². The van der Waals surface area contributed by atoms with E-state index in [-0.39, 0.29) is 18.1 Å². The third-order valence-corrected chi connectivity index (χ3v) is 4.13. The van der Waals surface area contributed by atoms with Crippen molar-refractivity contribution >= 4 is 33.2 Å². The summed E-state index contributed by atoms with van der Waals surface area (Å²) in [7, 11) is 0. The number of thiophene rings is 1. The number of hydrogen-bond acceptors (Lipinski definition) is 6. The highest BCUT2D eigenvalue weighted by atomic mass is 32.1. The first-order valence-corrected chi connectivity index (χ1v) is 7.08. The van der Waals surface area contributed by atoms with Gasteiger partial charge in [-0.2, -0.15) is 0 Å². The Balaban J connectivity index is 1.72. The molecule has 0 spiro atoms. The molecule has 2 N–H and O–H groups in total. The Kier molecular flexibility index (Phi) is 3.51. The molecule has 0 saturated heterocycles. The van der Waals surface area contributed by atoms with Crippen molar-refractivity contribution in [1.29, 1.82) is 0 Å². The Morgan fingerprint density at radius 3 is 2.91 bits per heavy atom. The number of fused-ring (bicyclic) bond motifs is 1. The molecular weight excluding hydrogens is 308 g/mol. The van der Waals surface area contributed by atoms with Crippen LogP contribution < -0.4 is 5.32 Å². The highest BCUT2D eigenvalue weighted by Gasteiger charge is 2.15. The molecule has 3 rings (SSSR count). The maximum Gasteiger partial charge on any atom is 0.311 e. The van der Waals surface area contributed by atoms with Gasteiger partial charge >= 0.3 is 5.69 Å². The number of furan rings is 1. The number of carbonyl (C=O) groups is 1. The van der Waals surface area contributed by atoms with Crippen LogP contribution in [0.25, 0.3) is 10.3 Å². The summed E-state index contributed by atoms with van der Waals surface area (Å²) in [4.78, 5) is 22.6. The van der Waals surface area contributed by atoms with Gasteiger partial charge in [0.15, 0.2) is 5.75 Å². The predicted molar refractivity (Wildman–Crippen MR) is 80.0 cm³/mol. The average Bonchev–Trinajstić information content (AvgIpc) is 3.07. The highest BCUT2D eigenvalue weighted by Crippen LogP contribution is 2.27. The number of rotatable bonds is 4. The molecule has 3 aromatic rings. The fraction of sp³-hybridized carbons (Fsp3) is 0.0714. The molecule has 1 amide bonds. The summed E-state index contributed by atoms with van der Waals surface area (Å²) in [6.07, 6.45) is 1.55. The molecule has 1 aromatic carbocycles. The van der Waals surface area contributed by atoms with Gasteiger partial charge in [0.1, 0.15) is 5.58 Å². The SMILES string of the molecule is O=C(NCc1ccc(O)c([N+](=O)[O-])c1)c1cc2occc2s1. The standard InChI is InChI=1S/C14H10N2O5S/c17-10-2-1-8(5-9(10)16(19)20)7-15-14(18)13-6-11-12(22-13)3-4-21-11/h1-6,17H,7H2,(H,15,18). The molecular formula is C14H10N2O5S. The van der Waals surface area contributed by atoms with Gasteiger partial charge in [0.25, 0.3) is 5.91 Å². The summed E-state index contributed by atoms with van der Waals surface area (Å²) in [5.74, 6) is -0.689. The zero-order valence-electron chi connectivity index (χ0n) is 11.1. The maximum atomic E-state index is 12.0. The first-order valence-electron chi connectivity index (χ1n) is 6.26. The van der Waals surface area contributed by atoms with Crippen LogP contribution in [0.4, 0.5) is 5.69 Å². The molecule has 0 atom stereocenters. The largest absolute Gasteiger partial charge is 0.502 e. The van der Waals surface area contributed by atoms with Crippen LogP contribution in [0.1, 0.15) is 15.2 Å². The Morgan fingerprint density at radius 2 is 2.18 bits per heavy atom. The smallest absolute Gasteiger partial charge is 0.311 e. The number of nitro groups is 1. The molecule has 0 saturated carbocycles. The lowest BCUT2D eigenvalue weighted by atomic mass is 10.2. The van der Waals surface area contributed by atoms with Crippen LogP contribution in [0.3, 0.4) is 0 Å². The Bertz CT molecular complexity index is 839. The van der Waals surface area contributed by atoms with Crippen molar-refractivity contribution in [3.8, 4) is 5.75 Å². The molecule has 2 aromatic heterocycles. The third-order valence-electron chi connectivity index (χ3n) is 3.05. The molecule has 8 heteroatoms. The number of nitrogens with zero attached hydrogens (tertiary/aromatic N) is 1. The fourth-order valence-electron chi connectivity index (χ4n) is 1.97. The van der Waals surface area contributed by atoms with E-state index >= 15 is 0 Å². The number of phenols is 1. The Hall–Kier alpha value is -2.87. The van der Waals surface area contributed by atoms with Crippen LogP contribution in [-0.2, 0) is 6.54 Å². The van der Waals surface area contributed by atoms with E-state index in [9.17, 15) is 20.0 Å². The molecule has 0 aliphatic heterocycles. The van der Waals surface area contributed by atoms with Crippen LogP contribution in [0, 0.1) is 10.1 Å². The van der Waals surface area contributed by atoms with E-state index in [0.29, 0.717) is 16.0 Å². The van der Waals surface area contributed by atoms with E-state index < -0.39 is 10.7 Å². The van der Waals surface area contributed by atoms with Gasteiger partial charge < -0.3 is 14.8 Å². The number of benzene rings is 1. The van der Waals surface area contributed by atoms with E-state index in [2.05, 4.69) is 5.32 Å². The van der Waals surface area contributed by atoms with Crippen LogP contribution in [0.2, 0.25) is 0 Å². The lowest BCUT2D eigenvalue weighted by Crippen LogP contribution is -2.21. The van der Waals surface area contributed by atoms with Gasteiger partial charge in [-0.05, 0) is 17.7 Å². The fourth-order valence-corrected chi connectivity index (χ4v) is 2.87. The number of nitrogens with one attached hydrogen (secondary N) is 1. The third kappa shape index (κ3) is 2.63. The minimum atomic E-state index is -0.672. The van der Waals surface area contributed by atoms with E-state index in [0.717, 1.165) is 4.70 Å². The van der Waals surface area contributed by atoms with Crippen LogP contribution in [0.5, 0.6) is 5.75 Å². The van der Waals surface area contributed by atoms with Crippen LogP contribution in [-0.4, -0.2) is 15.9 Å². The lowest BCUT2D eigenvalue weighted by molar-refractivity contribution is -0.385. The van der Waals surface area contributed by atoms with Crippen LogP contribution >= 0.6 is 11.3 Å². The number of nitro benzene ring substituents is 1. The van der Waals surface area contributed by atoms with Gasteiger partial charge in [-0.25, -0.2) is 0 Å². The van der Waals surface area contributed by atoms with Crippen molar-refractivity contribution in [3.05, 3.63) is 57.1 Å². The number of aromatic hydroxyl groups is 1. The number of carbonyl (C=O) groups excluding carboxylic acids is 1. The zero-order chi connectivity index (χ0) is 15.7. The molecule has 2 heterocycles. The first kappa shape index (κ1) is 14.1. The molecule has 0 aliphatic rings. The summed E-state index contributed by atoms with van der Waals surface area (Å²) in [5.41, 5.74) is 0.786. The van der Waals surface area contributed by atoms with Crippen LogP contribution in [0.15, 0.2) is 41.0 Å². The molecule has 0 fully saturated rings. The summed E-state index contributed by atoms with van der Waals surface area (Å²) in [6, 6.07) is 7.41. The second kappa shape index (κ2) is 5.49. The van der Waals surface area contributed by atoms with Crippen molar-refractivity contribution < 1.29 is 19.2 Å². The summed E-state index contributed by atoms with van der Waals surface area (Å²) in [5, 5.41) is 22.8. The topological polar surface area (TPSA) is 106 Å². The first-order chi connectivity index (χ1) is 10.5. The second-order valence-corrected chi connectivity index (χ2v) is 5.61. The number of amides is 1. The molecule has 0 aliphatic carbocycles. The van der Waals surface area contributed by atoms with Gasteiger partial charge in [0.05, 0.1) is 20.8 Å². The van der Waals surface area contributed by atoms with E-state index in [1.807, 2.05) is 0 Å². The van der Waals surface area contributed by atoms with Gasteiger partial charge in [0.2, 0.25) is 0 Å². The van der Waals surface area contributed by atoms with Gasteiger partial charge in [0, 0.05) is 18.7 Å². The van der Waals surface area contributed by atoms with E-state index in [1.165, 1.54) is 29.5 Å². The second-order valence-electron chi connectivity index (χ2n) is 4.52. The minimum absolute atomic E-state index is 0.124. The van der Waals surface area contributed by atoms with E-state index in [1.54, 1.807) is 18.4 Å². The molecule has 22 heavy (non-hydrogen) atoms. The quantitative estimate of drug-likeness (QED) is 0.568. The summed E-state index contributed by atoms with van der Waals surface area (Å²) in [6.45, 7) is 0.124. The Labute approximate surface area is 127 Å². The normalized spacial score (nSPS) is 10.7. The zero-order valence-corrected chi connectivity index (χ0v) is 11.9. The van der Waals surface area contributed by atoms with Crippen molar-refractivity contribution in [2.75, 3.05) is 0 Å². The van der Waals surface area contributed by atoms with Crippen molar-refractivity contribution in [2.24, 2.45) is 0 Å². The molecule has 7 nitrogen and oxygen atoms in total. The maximum absolute atomic E-state index is 12.0. The minimum Gasteiger partial charge on any atom is -0.502 e. The van der Waals surface area contributed by atoms with Crippen molar-refractivity contribution in [1.82, 2.24) is 5.32 Å². The molecule has 0 unspecified atom stereocenters. The van der Waals surface area contributed by atoms with Gasteiger partial charge in [-0.1, -0.05) is 6.07 Å². The molecule has 0 bridgehead atoms. The van der Waals surface area contributed by atoms with Gasteiger partial charge in [-0.15, -0.1) is 11.3 Å². The predicted octanol–water partition coefficient (Wildman–Crippen LogP) is 3.04. The lowest BCUT2D eigenvalue weighted by Gasteiger charge is -2.04. The van der Waals surface area contributed by atoms with Crippen molar-refractivity contribution in [2.45, 2.75) is 6.54 Å². The summed E-state index contributed by atoms with van der Waals surface area (Å²) < 4.78 is 6.07. The summed E-state index contributed by atoms with van der Waals surface area (Å²) >= 11 is 1.30. The van der Waals surface area contributed by atoms with E-state index in [4.69, 9.17) is 4.42 Å². The molecule has 0 radical (unpaired) electrons.